The maximum atomic E-state index is 12.1. The molecule has 3 N–H and O–H groups in total. The van der Waals surface area contributed by atoms with Gasteiger partial charge in [-0.3, -0.25) is 4.79 Å². The fourth-order valence-electron chi connectivity index (χ4n) is 2.44. The zero-order valence-corrected chi connectivity index (χ0v) is 15.0. The van der Waals surface area contributed by atoms with E-state index in [0.717, 1.165) is 16.8 Å². The number of carbonyl (C=O) groups excluding carboxylic acids is 1. The molecule has 23 heavy (non-hydrogen) atoms. The first-order valence-corrected chi connectivity index (χ1v) is 8.28. The van der Waals surface area contributed by atoms with Gasteiger partial charge in [0.25, 0.3) is 5.91 Å². The molecule has 0 unspecified atom stereocenters. The van der Waals surface area contributed by atoms with Crippen LogP contribution >= 0.6 is 23.2 Å². The third kappa shape index (κ3) is 4.96. The molecule has 0 aliphatic heterocycles. The minimum absolute atomic E-state index is 0.0334. The van der Waals surface area contributed by atoms with Gasteiger partial charge in [-0.05, 0) is 44.5 Å². The second-order valence-corrected chi connectivity index (χ2v) is 6.60. The standard InChI is InChI=1S/C18H20Cl2N2O/c1-11-4-7-17(12(2)8-11)22-18(23)10-21-13(3)15-6-5-14(19)9-16(15)20/h4-9,13,21H,10H2,1-3H3,(H,22,23)/p+1/t13-/m1/s1. The molecule has 3 nitrogen and oxygen atoms in total. The van der Waals surface area contributed by atoms with Crippen LogP contribution in [-0.4, -0.2) is 12.5 Å². The third-order valence-electron chi connectivity index (χ3n) is 3.77. The molecule has 2 rings (SSSR count). The van der Waals surface area contributed by atoms with Crippen molar-refractivity contribution in [2.45, 2.75) is 26.8 Å². The van der Waals surface area contributed by atoms with Gasteiger partial charge < -0.3 is 10.6 Å². The van der Waals surface area contributed by atoms with E-state index in [1.807, 2.05) is 50.4 Å². The van der Waals surface area contributed by atoms with E-state index >= 15 is 0 Å². The lowest BCUT2D eigenvalue weighted by Crippen LogP contribution is -2.86. The summed E-state index contributed by atoms with van der Waals surface area (Å²) in [6, 6.07) is 11.5. The number of benzene rings is 2. The van der Waals surface area contributed by atoms with E-state index in [2.05, 4.69) is 11.4 Å². The highest BCUT2D eigenvalue weighted by atomic mass is 35.5. The van der Waals surface area contributed by atoms with E-state index in [-0.39, 0.29) is 11.9 Å². The van der Waals surface area contributed by atoms with Crippen LogP contribution < -0.4 is 10.6 Å². The summed E-state index contributed by atoms with van der Waals surface area (Å²) in [4.78, 5) is 12.1. The van der Waals surface area contributed by atoms with Crippen molar-refractivity contribution in [3.05, 3.63) is 63.1 Å². The molecule has 0 bridgehead atoms. The van der Waals surface area contributed by atoms with E-state index in [9.17, 15) is 4.79 Å². The largest absolute Gasteiger partial charge is 0.332 e. The van der Waals surface area contributed by atoms with Crippen LogP contribution in [0.3, 0.4) is 0 Å². The van der Waals surface area contributed by atoms with E-state index in [0.29, 0.717) is 16.6 Å². The Hall–Kier alpha value is -1.55. The molecule has 5 heteroatoms. The monoisotopic (exact) mass is 351 g/mol. The first-order chi connectivity index (χ1) is 10.9. The minimum Gasteiger partial charge on any atom is -0.332 e. The fourth-order valence-corrected chi connectivity index (χ4v) is 3.02. The highest BCUT2D eigenvalue weighted by Gasteiger charge is 2.15. The number of nitrogens with one attached hydrogen (secondary N) is 1. The molecule has 2 aromatic carbocycles. The van der Waals surface area contributed by atoms with Gasteiger partial charge in [-0.1, -0.05) is 47.0 Å². The van der Waals surface area contributed by atoms with Crippen molar-refractivity contribution in [2.24, 2.45) is 0 Å². The molecule has 0 heterocycles. The van der Waals surface area contributed by atoms with Crippen molar-refractivity contribution in [3.8, 4) is 0 Å². The number of amides is 1. The molecule has 0 aliphatic rings. The lowest BCUT2D eigenvalue weighted by molar-refractivity contribution is -0.682. The SMILES string of the molecule is Cc1ccc(NC(=O)C[NH2+][C@H](C)c2ccc(Cl)cc2Cl)c(C)c1. The number of hydrogen-bond acceptors (Lipinski definition) is 1. The molecule has 0 aliphatic carbocycles. The summed E-state index contributed by atoms with van der Waals surface area (Å²) in [5, 5.41) is 6.13. The molecule has 122 valence electrons. The average molecular weight is 352 g/mol. The number of halogens is 2. The maximum Gasteiger partial charge on any atom is 0.279 e. The van der Waals surface area contributed by atoms with E-state index < -0.39 is 0 Å². The minimum atomic E-state index is -0.0334. The Labute approximate surface area is 147 Å². The van der Waals surface area contributed by atoms with Crippen molar-refractivity contribution in [1.29, 1.82) is 0 Å². The van der Waals surface area contributed by atoms with Gasteiger partial charge in [-0.15, -0.1) is 0 Å². The molecular weight excluding hydrogens is 331 g/mol. The normalized spacial score (nSPS) is 12.0. The van der Waals surface area contributed by atoms with Crippen LogP contribution in [-0.2, 0) is 4.79 Å². The van der Waals surface area contributed by atoms with Gasteiger partial charge in [0, 0.05) is 16.3 Å². The Morgan fingerprint density at radius 3 is 2.57 bits per heavy atom. The highest BCUT2D eigenvalue weighted by molar-refractivity contribution is 6.35. The number of anilines is 1. The van der Waals surface area contributed by atoms with Crippen molar-refractivity contribution >= 4 is 34.8 Å². The molecule has 0 saturated carbocycles. The summed E-state index contributed by atoms with van der Waals surface area (Å²) in [7, 11) is 0. The van der Waals surface area contributed by atoms with Crippen molar-refractivity contribution in [2.75, 3.05) is 11.9 Å². The lowest BCUT2D eigenvalue weighted by Gasteiger charge is -2.13. The molecule has 2 aromatic rings. The van der Waals surface area contributed by atoms with Crippen molar-refractivity contribution < 1.29 is 10.1 Å². The average Bonchev–Trinajstić information content (AvgIpc) is 2.48. The topological polar surface area (TPSA) is 45.7 Å². The van der Waals surface area contributed by atoms with Crippen LogP contribution in [0.1, 0.15) is 29.7 Å². The Morgan fingerprint density at radius 1 is 1.17 bits per heavy atom. The summed E-state index contributed by atoms with van der Waals surface area (Å²) in [5.74, 6) is -0.0334. The second-order valence-electron chi connectivity index (χ2n) is 5.76. The van der Waals surface area contributed by atoms with Crippen LogP contribution in [0.15, 0.2) is 36.4 Å². The Morgan fingerprint density at radius 2 is 1.91 bits per heavy atom. The summed E-state index contributed by atoms with van der Waals surface area (Å²) >= 11 is 12.1. The van der Waals surface area contributed by atoms with Crippen molar-refractivity contribution in [3.63, 3.8) is 0 Å². The molecule has 1 atom stereocenters. The number of hydrogen-bond donors (Lipinski definition) is 2. The second kappa shape index (κ2) is 7.82. The number of quaternary nitrogens is 1. The molecule has 0 spiro atoms. The van der Waals surface area contributed by atoms with E-state index in [4.69, 9.17) is 23.2 Å². The zero-order chi connectivity index (χ0) is 17.0. The van der Waals surface area contributed by atoms with Crippen LogP contribution in [0.2, 0.25) is 10.0 Å². The van der Waals surface area contributed by atoms with Gasteiger partial charge in [0.1, 0.15) is 6.04 Å². The molecule has 0 fully saturated rings. The molecule has 0 saturated heterocycles. The Bertz CT molecular complexity index is 716. The molecule has 1 amide bonds. The van der Waals surface area contributed by atoms with Crippen molar-refractivity contribution in [1.82, 2.24) is 0 Å². The van der Waals surface area contributed by atoms with Gasteiger partial charge in [0.05, 0.1) is 5.02 Å². The van der Waals surface area contributed by atoms with E-state index in [1.165, 1.54) is 5.56 Å². The summed E-state index contributed by atoms with van der Waals surface area (Å²) in [6.07, 6.45) is 0. The predicted molar refractivity (Wildman–Crippen MR) is 96.2 cm³/mol. The molecular formula is C18H21Cl2N2O+. The first-order valence-electron chi connectivity index (χ1n) is 7.52. The number of aryl methyl sites for hydroxylation is 2. The van der Waals surface area contributed by atoms with Gasteiger partial charge in [0.15, 0.2) is 6.54 Å². The Balaban J connectivity index is 1.93. The fraction of sp³-hybridized carbons (Fsp3) is 0.278. The Kier molecular flexibility index (Phi) is 6.05. The lowest BCUT2D eigenvalue weighted by atomic mass is 10.1. The highest BCUT2D eigenvalue weighted by Crippen LogP contribution is 2.24. The number of rotatable bonds is 5. The number of carbonyl (C=O) groups is 1. The van der Waals surface area contributed by atoms with Gasteiger partial charge in [-0.25, -0.2) is 0 Å². The first kappa shape index (κ1) is 17.8. The third-order valence-corrected chi connectivity index (χ3v) is 4.33. The van der Waals surface area contributed by atoms with Crippen LogP contribution in [0.25, 0.3) is 0 Å². The number of nitrogens with two attached hydrogens (primary N) is 1. The van der Waals surface area contributed by atoms with E-state index in [1.54, 1.807) is 6.07 Å². The zero-order valence-electron chi connectivity index (χ0n) is 13.5. The predicted octanol–water partition coefficient (Wildman–Crippen LogP) is 3.87. The molecule has 0 radical (unpaired) electrons. The summed E-state index contributed by atoms with van der Waals surface area (Å²) < 4.78 is 0. The smallest absolute Gasteiger partial charge is 0.279 e. The van der Waals surface area contributed by atoms with Crippen LogP contribution in [0.4, 0.5) is 5.69 Å². The van der Waals surface area contributed by atoms with Gasteiger partial charge in [-0.2, -0.15) is 0 Å². The summed E-state index contributed by atoms with van der Waals surface area (Å²) in [6.45, 7) is 6.36. The van der Waals surface area contributed by atoms with Gasteiger partial charge in [0.2, 0.25) is 0 Å². The summed E-state index contributed by atoms with van der Waals surface area (Å²) in [5.41, 5.74) is 4.06. The maximum absolute atomic E-state index is 12.1. The molecule has 0 aromatic heterocycles. The van der Waals surface area contributed by atoms with Gasteiger partial charge >= 0.3 is 0 Å². The quantitative estimate of drug-likeness (QED) is 0.843. The van der Waals surface area contributed by atoms with Crippen LogP contribution in [0.5, 0.6) is 0 Å². The van der Waals surface area contributed by atoms with Crippen LogP contribution in [0, 0.1) is 13.8 Å².